The van der Waals surface area contributed by atoms with Gasteiger partial charge >= 0.3 is 11.9 Å². The standard InChI is InChI=1S/C16H30O5.C14H26O5/c1-5-7-16-20-14(6-2)10-15(21-16)9-13(18)8-11(3)19-12(4)17;1-5-13-8-14(19-11(4)18-13)7-12(16)6-9(2)17-10(3)15/h11,13-16,18H,5-10H2,1-4H3;9,11-14,16H,5-8H2,1-4H3. The van der Waals surface area contributed by atoms with E-state index in [9.17, 15) is 19.8 Å². The summed E-state index contributed by atoms with van der Waals surface area (Å²) in [6.07, 6.45) is 5.87. The summed E-state index contributed by atoms with van der Waals surface area (Å²) in [5, 5.41) is 20.2. The minimum Gasteiger partial charge on any atom is -0.463 e. The van der Waals surface area contributed by atoms with Crippen molar-refractivity contribution in [3.8, 4) is 0 Å². The highest BCUT2D eigenvalue weighted by Crippen LogP contribution is 2.27. The Morgan fingerprint density at radius 1 is 0.750 bits per heavy atom. The Labute approximate surface area is 241 Å². The predicted octanol–water partition coefficient (Wildman–Crippen LogP) is 4.80. The van der Waals surface area contributed by atoms with E-state index in [1.807, 2.05) is 6.92 Å². The Bertz CT molecular complexity index is 704. The summed E-state index contributed by atoms with van der Waals surface area (Å²) in [6.45, 7) is 14.5. The molecule has 10 heteroatoms. The zero-order valence-electron chi connectivity index (χ0n) is 26.0. The molecule has 2 aliphatic heterocycles. The highest BCUT2D eigenvalue weighted by molar-refractivity contribution is 5.66. The van der Waals surface area contributed by atoms with E-state index in [1.54, 1.807) is 13.8 Å². The lowest BCUT2D eigenvalue weighted by molar-refractivity contribution is -0.249. The van der Waals surface area contributed by atoms with Crippen LogP contribution in [-0.2, 0) is 38.0 Å². The molecule has 40 heavy (non-hydrogen) atoms. The second-order valence-corrected chi connectivity index (χ2v) is 11.2. The molecule has 236 valence electrons. The second-order valence-electron chi connectivity index (χ2n) is 11.2. The summed E-state index contributed by atoms with van der Waals surface area (Å²) in [7, 11) is 0. The summed E-state index contributed by atoms with van der Waals surface area (Å²) in [5.41, 5.74) is 0. The van der Waals surface area contributed by atoms with Gasteiger partial charge in [-0.05, 0) is 52.9 Å². The topological polar surface area (TPSA) is 130 Å². The van der Waals surface area contributed by atoms with Crippen LogP contribution in [0, 0.1) is 0 Å². The monoisotopic (exact) mass is 576 g/mol. The van der Waals surface area contributed by atoms with Gasteiger partial charge in [0.05, 0.1) is 36.6 Å². The van der Waals surface area contributed by atoms with Crippen molar-refractivity contribution in [2.45, 2.75) is 181 Å². The SMILES string of the molecule is CCC1CC(CC(O)CC(C)OC(C)=O)OC(C)O1.CCCC1OC(CC)CC(CC(O)CC(C)OC(C)=O)O1. The van der Waals surface area contributed by atoms with Gasteiger partial charge in [0.15, 0.2) is 12.6 Å². The maximum absolute atomic E-state index is 10.9. The van der Waals surface area contributed by atoms with Crippen molar-refractivity contribution >= 4 is 11.9 Å². The molecule has 0 amide bonds. The van der Waals surface area contributed by atoms with E-state index in [-0.39, 0.29) is 61.1 Å². The van der Waals surface area contributed by atoms with Crippen LogP contribution in [0.1, 0.15) is 120 Å². The fourth-order valence-electron chi connectivity index (χ4n) is 5.27. The molecule has 2 saturated heterocycles. The number of ether oxygens (including phenoxy) is 6. The third-order valence-corrected chi connectivity index (χ3v) is 6.96. The average molecular weight is 577 g/mol. The summed E-state index contributed by atoms with van der Waals surface area (Å²) >= 11 is 0. The first-order chi connectivity index (χ1) is 18.8. The number of hydrogen-bond donors (Lipinski definition) is 2. The molecule has 2 rings (SSSR count). The van der Waals surface area contributed by atoms with E-state index in [4.69, 9.17) is 28.4 Å². The number of esters is 2. The van der Waals surface area contributed by atoms with Crippen LogP contribution in [0.5, 0.6) is 0 Å². The number of carbonyl (C=O) groups excluding carboxylic acids is 2. The molecule has 2 aliphatic rings. The predicted molar refractivity (Wildman–Crippen MR) is 150 cm³/mol. The van der Waals surface area contributed by atoms with Crippen molar-refractivity contribution in [2.75, 3.05) is 0 Å². The molecule has 2 heterocycles. The van der Waals surface area contributed by atoms with Crippen LogP contribution in [0.4, 0.5) is 0 Å². The summed E-state index contributed by atoms with van der Waals surface area (Å²) < 4.78 is 33.1. The molecule has 0 aromatic heterocycles. The molecule has 2 fully saturated rings. The van der Waals surface area contributed by atoms with Crippen molar-refractivity contribution in [3.05, 3.63) is 0 Å². The highest BCUT2D eigenvalue weighted by Gasteiger charge is 2.31. The van der Waals surface area contributed by atoms with E-state index in [1.165, 1.54) is 13.8 Å². The van der Waals surface area contributed by atoms with Crippen molar-refractivity contribution < 1.29 is 48.2 Å². The Morgan fingerprint density at radius 3 is 1.57 bits per heavy atom. The third kappa shape index (κ3) is 16.2. The van der Waals surface area contributed by atoms with Crippen molar-refractivity contribution in [1.82, 2.24) is 0 Å². The molecule has 10 unspecified atom stereocenters. The maximum atomic E-state index is 10.9. The highest BCUT2D eigenvalue weighted by atomic mass is 16.7. The molecule has 0 spiro atoms. The Morgan fingerprint density at radius 2 is 1.15 bits per heavy atom. The number of carbonyl (C=O) groups is 2. The van der Waals surface area contributed by atoms with Gasteiger partial charge in [-0.1, -0.05) is 27.2 Å². The van der Waals surface area contributed by atoms with Crippen molar-refractivity contribution in [2.24, 2.45) is 0 Å². The fourth-order valence-corrected chi connectivity index (χ4v) is 5.27. The number of rotatable bonds is 14. The van der Waals surface area contributed by atoms with Gasteiger partial charge in [-0.3, -0.25) is 9.59 Å². The van der Waals surface area contributed by atoms with E-state index in [2.05, 4.69) is 20.8 Å². The van der Waals surface area contributed by atoms with Crippen molar-refractivity contribution in [1.29, 1.82) is 0 Å². The van der Waals surface area contributed by atoms with Crippen LogP contribution in [0.25, 0.3) is 0 Å². The number of aliphatic hydroxyl groups excluding tert-OH is 2. The van der Waals surface area contributed by atoms with Gasteiger partial charge in [0.25, 0.3) is 0 Å². The molecule has 0 bridgehead atoms. The summed E-state index contributed by atoms with van der Waals surface area (Å²) in [5.74, 6) is -0.632. The van der Waals surface area contributed by atoms with Crippen LogP contribution < -0.4 is 0 Å². The molecule has 10 nitrogen and oxygen atoms in total. The summed E-state index contributed by atoms with van der Waals surface area (Å²) in [4.78, 5) is 21.7. The van der Waals surface area contributed by atoms with E-state index in [0.717, 1.165) is 38.5 Å². The molecule has 0 aromatic rings. The second kappa shape index (κ2) is 19.8. The quantitative estimate of drug-likeness (QED) is 0.278. The molecule has 2 N–H and O–H groups in total. The minimum absolute atomic E-state index is 0.00762. The lowest BCUT2D eigenvalue weighted by Crippen LogP contribution is -2.39. The molecule has 0 aromatic carbocycles. The Balaban J connectivity index is 0.000000402. The molecule has 10 atom stereocenters. The van der Waals surface area contributed by atoms with Crippen LogP contribution >= 0.6 is 0 Å². The lowest BCUT2D eigenvalue weighted by Gasteiger charge is -2.36. The maximum Gasteiger partial charge on any atom is 0.302 e. The van der Waals surface area contributed by atoms with Gasteiger partial charge in [-0.15, -0.1) is 0 Å². The van der Waals surface area contributed by atoms with E-state index < -0.39 is 12.2 Å². The van der Waals surface area contributed by atoms with Crippen LogP contribution in [-0.4, -0.2) is 83.6 Å². The lowest BCUT2D eigenvalue weighted by atomic mass is 9.99. The Kier molecular flexibility index (Phi) is 18.1. The molecule has 0 radical (unpaired) electrons. The average Bonchev–Trinajstić information content (AvgIpc) is 2.82. The van der Waals surface area contributed by atoms with Crippen LogP contribution in [0.2, 0.25) is 0 Å². The Hall–Kier alpha value is -1.30. The normalized spacial score (nSPS) is 29.8. The van der Waals surface area contributed by atoms with Gasteiger partial charge in [0, 0.05) is 39.5 Å². The van der Waals surface area contributed by atoms with E-state index >= 15 is 0 Å². The smallest absolute Gasteiger partial charge is 0.302 e. The first-order valence-corrected chi connectivity index (χ1v) is 15.2. The molecule has 0 aliphatic carbocycles. The number of hydrogen-bond acceptors (Lipinski definition) is 10. The number of aliphatic hydroxyl groups is 2. The molecular formula is C30H56O10. The van der Waals surface area contributed by atoms with E-state index in [0.29, 0.717) is 25.7 Å². The molecular weight excluding hydrogens is 520 g/mol. The zero-order chi connectivity index (χ0) is 30.2. The minimum atomic E-state index is -0.526. The summed E-state index contributed by atoms with van der Waals surface area (Å²) in [6, 6.07) is 0. The van der Waals surface area contributed by atoms with Crippen LogP contribution in [0.3, 0.4) is 0 Å². The van der Waals surface area contributed by atoms with Gasteiger partial charge in [-0.2, -0.15) is 0 Å². The largest absolute Gasteiger partial charge is 0.463 e. The van der Waals surface area contributed by atoms with Gasteiger partial charge < -0.3 is 38.6 Å². The zero-order valence-corrected chi connectivity index (χ0v) is 26.0. The first kappa shape index (κ1) is 36.7. The van der Waals surface area contributed by atoms with Gasteiger partial charge in [-0.25, -0.2) is 0 Å². The fraction of sp³-hybridized carbons (Fsp3) is 0.933. The van der Waals surface area contributed by atoms with Gasteiger partial charge in [0.2, 0.25) is 0 Å². The van der Waals surface area contributed by atoms with Crippen LogP contribution in [0.15, 0.2) is 0 Å². The third-order valence-electron chi connectivity index (χ3n) is 6.96. The van der Waals surface area contributed by atoms with Gasteiger partial charge in [0.1, 0.15) is 12.2 Å². The van der Waals surface area contributed by atoms with Crippen molar-refractivity contribution in [3.63, 3.8) is 0 Å². The molecule has 0 saturated carbocycles. The first-order valence-electron chi connectivity index (χ1n) is 15.2.